The normalized spacial score (nSPS) is 9.42. The number of rotatable bonds is 6. The maximum atomic E-state index is 11.7. The molecular formula is C19H19NO4. The molecule has 2 aromatic carbocycles. The Morgan fingerprint density at radius 2 is 1.71 bits per heavy atom. The topological polar surface area (TPSA) is 56.8 Å². The van der Waals surface area contributed by atoms with Crippen LogP contribution in [0.1, 0.15) is 5.56 Å². The molecule has 0 unspecified atom stereocenters. The van der Waals surface area contributed by atoms with Crippen molar-refractivity contribution in [3.63, 3.8) is 0 Å². The summed E-state index contributed by atoms with van der Waals surface area (Å²) in [6.07, 6.45) is 0. The summed E-state index contributed by atoms with van der Waals surface area (Å²) in [7, 11) is 3.17. The molecule has 2 rings (SSSR count). The van der Waals surface area contributed by atoms with E-state index in [9.17, 15) is 4.79 Å². The van der Waals surface area contributed by atoms with E-state index in [0.29, 0.717) is 11.5 Å². The van der Waals surface area contributed by atoms with Crippen molar-refractivity contribution >= 4 is 5.91 Å². The summed E-state index contributed by atoms with van der Waals surface area (Å²) in [5, 5.41) is 2.68. The Bertz CT molecular complexity index is 729. The number of nitrogens with one attached hydrogen (secondary N) is 1. The maximum Gasteiger partial charge on any atom is 0.258 e. The molecule has 0 atom stereocenters. The summed E-state index contributed by atoms with van der Waals surface area (Å²) in [5.41, 5.74) is 0.857. The van der Waals surface area contributed by atoms with Crippen LogP contribution >= 0.6 is 0 Å². The minimum absolute atomic E-state index is 0.0927. The van der Waals surface area contributed by atoms with Crippen LogP contribution in [0, 0.1) is 11.8 Å². The van der Waals surface area contributed by atoms with Gasteiger partial charge in [0.2, 0.25) is 0 Å². The second-order valence-corrected chi connectivity index (χ2v) is 4.75. The second kappa shape index (κ2) is 9.11. The van der Waals surface area contributed by atoms with Crippen LogP contribution in [0.5, 0.6) is 17.2 Å². The lowest BCUT2D eigenvalue weighted by Crippen LogP contribution is -2.29. The number of hydrogen-bond acceptors (Lipinski definition) is 4. The molecule has 0 aliphatic heterocycles. The molecule has 24 heavy (non-hydrogen) atoms. The van der Waals surface area contributed by atoms with Crippen molar-refractivity contribution in [1.29, 1.82) is 0 Å². The lowest BCUT2D eigenvalue weighted by Gasteiger charge is -2.09. The van der Waals surface area contributed by atoms with Gasteiger partial charge in [0.05, 0.1) is 20.8 Å². The van der Waals surface area contributed by atoms with Crippen LogP contribution in [0.2, 0.25) is 0 Å². The van der Waals surface area contributed by atoms with E-state index < -0.39 is 0 Å². The van der Waals surface area contributed by atoms with Gasteiger partial charge < -0.3 is 19.5 Å². The Morgan fingerprint density at radius 1 is 1.00 bits per heavy atom. The average molecular weight is 325 g/mol. The van der Waals surface area contributed by atoms with Crippen molar-refractivity contribution in [2.24, 2.45) is 0 Å². The van der Waals surface area contributed by atoms with Gasteiger partial charge in [0, 0.05) is 5.56 Å². The zero-order valence-electron chi connectivity index (χ0n) is 13.7. The molecule has 1 N–H and O–H groups in total. The van der Waals surface area contributed by atoms with Gasteiger partial charge >= 0.3 is 0 Å². The minimum atomic E-state index is -0.245. The van der Waals surface area contributed by atoms with Crippen LogP contribution in [0.4, 0.5) is 0 Å². The highest BCUT2D eigenvalue weighted by Gasteiger charge is 2.05. The van der Waals surface area contributed by atoms with Crippen LogP contribution < -0.4 is 19.5 Å². The molecule has 0 bridgehead atoms. The SMILES string of the molecule is COc1ccc(C#CCNC(=O)COc2ccccc2OC)cc1. The monoisotopic (exact) mass is 325 g/mol. The lowest BCUT2D eigenvalue weighted by atomic mass is 10.2. The largest absolute Gasteiger partial charge is 0.497 e. The molecule has 124 valence electrons. The molecule has 5 heteroatoms. The maximum absolute atomic E-state index is 11.7. The number of para-hydroxylation sites is 2. The van der Waals surface area contributed by atoms with Crippen LogP contribution in [-0.4, -0.2) is 33.3 Å². The Labute approximate surface area is 141 Å². The fraction of sp³-hybridized carbons (Fsp3) is 0.211. The van der Waals surface area contributed by atoms with Crippen molar-refractivity contribution in [2.45, 2.75) is 0 Å². The van der Waals surface area contributed by atoms with E-state index in [4.69, 9.17) is 14.2 Å². The summed E-state index contributed by atoms with van der Waals surface area (Å²) in [4.78, 5) is 11.7. The highest BCUT2D eigenvalue weighted by atomic mass is 16.5. The number of ether oxygens (including phenoxy) is 3. The molecule has 0 saturated carbocycles. The van der Waals surface area contributed by atoms with E-state index in [0.717, 1.165) is 11.3 Å². The van der Waals surface area contributed by atoms with Gasteiger partial charge in [-0.15, -0.1) is 0 Å². The van der Waals surface area contributed by atoms with Crippen LogP contribution in [-0.2, 0) is 4.79 Å². The summed E-state index contributed by atoms with van der Waals surface area (Å²) >= 11 is 0. The van der Waals surface area contributed by atoms with E-state index in [1.807, 2.05) is 36.4 Å². The Kier molecular flexibility index (Phi) is 6.54. The molecule has 0 aliphatic rings. The van der Waals surface area contributed by atoms with Gasteiger partial charge in [-0.3, -0.25) is 4.79 Å². The first kappa shape index (κ1) is 17.2. The molecular weight excluding hydrogens is 306 g/mol. The molecule has 0 heterocycles. The number of benzene rings is 2. The van der Waals surface area contributed by atoms with Crippen molar-refractivity contribution in [1.82, 2.24) is 5.32 Å². The fourth-order valence-corrected chi connectivity index (χ4v) is 1.90. The lowest BCUT2D eigenvalue weighted by molar-refractivity contribution is -0.122. The Balaban J connectivity index is 1.76. The predicted molar refractivity (Wildman–Crippen MR) is 91.4 cm³/mol. The second-order valence-electron chi connectivity index (χ2n) is 4.75. The summed E-state index contributed by atoms with van der Waals surface area (Å²) in [5.74, 6) is 7.50. The van der Waals surface area contributed by atoms with Gasteiger partial charge in [-0.25, -0.2) is 0 Å². The van der Waals surface area contributed by atoms with E-state index >= 15 is 0 Å². The third-order valence-corrected chi connectivity index (χ3v) is 3.12. The number of carbonyl (C=O) groups excluding carboxylic acids is 1. The van der Waals surface area contributed by atoms with E-state index in [2.05, 4.69) is 17.2 Å². The highest BCUT2D eigenvalue weighted by molar-refractivity contribution is 5.77. The molecule has 1 amide bonds. The Hall–Kier alpha value is -3.13. The first-order valence-corrected chi connectivity index (χ1v) is 7.38. The van der Waals surface area contributed by atoms with Crippen LogP contribution in [0.3, 0.4) is 0 Å². The zero-order chi connectivity index (χ0) is 17.2. The number of methoxy groups -OCH3 is 2. The van der Waals surface area contributed by atoms with Crippen molar-refractivity contribution in [2.75, 3.05) is 27.4 Å². The van der Waals surface area contributed by atoms with Gasteiger partial charge in [0.15, 0.2) is 18.1 Å². The standard InChI is InChI=1S/C19H19NO4/c1-22-16-11-9-15(10-12-16)6-5-13-20-19(21)14-24-18-8-4-3-7-17(18)23-2/h3-4,7-12H,13-14H2,1-2H3,(H,20,21). The molecule has 0 fully saturated rings. The van der Waals surface area contributed by atoms with Gasteiger partial charge in [0.25, 0.3) is 5.91 Å². The zero-order valence-corrected chi connectivity index (χ0v) is 13.7. The summed E-state index contributed by atoms with van der Waals surface area (Å²) < 4.78 is 15.7. The minimum Gasteiger partial charge on any atom is -0.497 e. The van der Waals surface area contributed by atoms with Gasteiger partial charge in [0.1, 0.15) is 5.75 Å². The number of amides is 1. The van der Waals surface area contributed by atoms with Crippen LogP contribution in [0.15, 0.2) is 48.5 Å². The first-order valence-electron chi connectivity index (χ1n) is 7.38. The third-order valence-electron chi connectivity index (χ3n) is 3.12. The number of carbonyl (C=O) groups is 1. The van der Waals surface area contributed by atoms with Gasteiger partial charge in [-0.1, -0.05) is 24.0 Å². The average Bonchev–Trinajstić information content (AvgIpc) is 2.64. The molecule has 2 aromatic rings. The van der Waals surface area contributed by atoms with Crippen molar-refractivity contribution < 1.29 is 19.0 Å². The highest BCUT2D eigenvalue weighted by Crippen LogP contribution is 2.25. The molecule has 0 saturated heterocycles. The van der Waals surface area contributed by atoms with Crippen molar-refractivity contribution in [3.05, 3.63) is 54.1 Å². The molecule has 0 aromatic heterocycles. The smallest absolute Gasteiger partial charge is 0.258 e. The van der Waals surface area contributed by atoms with E-state index in [-0.39, 0.29) is 19.1 Å². The predicted octanol–water partition coefficient (Wildman–Crippen LogP) is 2.25. The molecule has 0 aliphatic carbocycles. The fourth-order valence-electron chi connectivity index (χ4n) is 1.90. The van der Waals surface area contributed by atoms with Crippen molar-refractivity contribution in [3.8, 4) is 29.1 Å². The Morgan fingerprint density at radius 3 is 2.38 bits per heavy atom. The summed E-state index contributed by atoms with van der Waals surface area (Å²) in [6, 6.07) is 14.6. The van der Waals surface area contributed by atoms with E-state index in [1.165, 1.54) is 0 Å². The molecule has 0 radical (unpaired) electrons. The summed E-state index contributed by atoms with van der Waals surface area (Å²) in [6.45, 7) is 0.157. The van der Waals surface area contributed by atoms with E-state index in [1.54, 1.807) is 26.4 Å². The first-order chi connectivity index (χ1) is 11.7. The molecule has 0 spiro atoms. The molecule has 5 nitrogen and oxygen atoms in total. The quantitative estimate of drug-likeness (QED) is 0.828. The number of hydrogen-bond donors (Lipinski definition) is 1. The van der Waals surface area contributed by atoms with Crippen LogP contribution in [0.25, 0.3) is 0 Å². The third kappa shape index (κ3) is 5.25. The van der Waals surface area contributed by atoms with Gasteiger partial charge in [-0.05, 0) is 36.4 Å². The van der Waals surface area contributed by atoms with Gasteiger partial charge in [-0.2, -0.15) is 0 Å².